The van der Waals surface area contributed by atoms with E-state index in [9.17, 15) is 4.39 Å². The van der Waals surface area contributed by atoms with Crippen LogP contribution in [-0.4, -0.2) is 25.1 Å². The van der Waals surface area contributed by atoms with Crippen LogP contribution in [0.3, 0.4) is 0 Å². The van der Waals surface area contributed by atoms with Gasteiger partial charge in [-0.1, -0.05) is 6.07 Å². The summed E-state index contributed by atoms with van der Waals surface area (Å²) in [7, 11) is 3.86. The first-order valence-electron chi connectivity index (χ1n) is 5.75. The van der Waals surface area contributed by atoms with E-state index in [4.69, 9.17) is 4.74 Å². The quantitative estimate of drug-likeness (QED) is 0.778. The normalized spacial score (nSPS) is 16.2. The van der Waals surface area contributed by atoms with Gasteiger partial charge in [-0.05, 0) is 39.4 Å². The number of hydrogen-bond donors (Lipinski definition) is 0. The lowest BCUT2D eigenvalue weighted by Crippen LogP contribution is -2.24. The van der Waals surface area contributed by atoms with Crippen molar-refractivity contribution in [3.8, 4) is 5.75 Å². The molecule has 1 aromatic rings. The summed E-state index contributed by atoms with van der Waals surface area (Å²) in [5, 5.41) is 0. The molecule has 0 unspecified atom stereocenters. The van der Waals surface area contributed by atoms with E-state index in [0.717, 1.165) is 12.8 Å². The molecule has 0 atom stereocenters. The van der Waals surface area contributed by atoms with Crippen LogP contribution < -0.4 is 4.74 Å². The van der Waals surface area contributed by atoms with E-state index in [1.807, 2.05) is 31.1 Å². The molecule has 1 saturated carbocycles. The molecule has 1 aliphatic rings. The number of nitrogens with zero attached hydrogens (tertiary/aromatic N) is 1. The van der Waals surface area contributed by atoms with Crippen LogP contribution in [0.15, 0.2) is 18.2 Å². The number of halogens is 1. The van der Waals surface area contributed by atoms with Crippen molar-refractivity contribution in [3.63, 3.8) is 0 Å². The van der Waals surface area contributed by atoms with Gasteiger partial charge in [-0.3, -0.25) is 0 Å². The monoisotopic (exact) mass is 223 g/mol. The van der Waals surface area contributed by atoms with Crippen LogP contribution in [-0.2, 0) is 6.54 Å². The first-order chi connectivity index (χ1) is 7.65. The Labute approximate surface area is 96.0 Å². The van der Waals surface area contributed by atoms with E-state index in [2.05, 4.69) is 0 Å². The van der Waals surface area contributed by atoms with Crippen LogP contribution in [0.4, 0.5) is 4.39 Å². The summed E-state index contributed by atoms with van der Waals surface area (Å²) < 4.78 is 19.3. The number of ether oxygens (including phenoxy) is 1. The van der Waals surface area contributed by atoms with E-state index < -0.39 is 0 Å². The van der Waals surface area contributed by atoms with Crippen molar-refractivity contribution in [2.45, 2.75) is 31.9 Å². The molecule has 2 nitrogen and oxygen atoms in total. The first kappa shape index (κ1) is 11.4. The molecule has 1 aliphatic carbocycles. The van der Waals surface area contributed by atoms with E-state index in [1.54, 1.807) is 0 Å². The smallest absolute Gasteiger partial charge is 0.131 e. The van der Waals surface area contributed by atoms with Crippen LogP contribution in [0, 0.1) is 5.82 Å². The van der Waals surface area contributed by atoms with Crippen LogP contribution in [0.25, 0.3) is 0 Å². The Bertz CT molecular complexity index is 361. The van der Waals surface area contributed by atoms with Gasteiger partial charge in [-0.2, -0.15) is 0 Å². The van der Waals surface area contributed by atoms with Gasteiger partial charge in [-0.25, -0.2) is 4.39 Å². The molecule has 0 spiro atoms. The zero-order valence-electron chi connectivity index (χ0n) is 9.87. The summed E-state index contributed by atoms with van der Waals surface area (Å²) in [4.78, 5) is 1.95. The fourth-order valence-corrected chi connectivity index (χ4v) is 1.75. The van der Waals surface area contributed by atoms with Gasteiger partial charge in [0, 0.05) is 18.2 Å². The molecule has 0 bridgehead atoms. The number of benzene rings is 1. The van der Waals surface area contributed by atoms with Gasteiger partial charge in [0.25, 0.3) is 0 Å². The zero-order valence-corrected chi connectivity index (χ0v) is 9.87. The van der Waals surface area contributed by atoms with Crippen LogP contribution >= 0.6 is 0 Å². The summed E-state index contributed by atoms with van der Waals surface area (Å²) in [6, 6.07) is 5.17. The van der Waals surface area contributed by atoms with E-state index in [-0.39, 0.29) is 5.82 Å². The van der Waals surface area contributed by atoms with Gasteiger partial charge in [0.15, 0.2) is 0 Å². The van der Waals surface area contributed by atoms with Gasteiger partial charge in [0.05, 0.1) is 6.10 Å². The van der Waals surface area contributed by atoms with Crippen molar-refractivity contribution >= 4 is 0 Å². The second-order valence-corrected chi connectivity index (χ2v) is 4.66. The Balaban J connectivity index is 2.03. The van der Waals surface area contributed by atoms with Gasteiger partial charge in [0.1, 0.15) is 11.6 Å². The minimum atomic E-state index is -0.175. The maximum Gasteiger partial charge on any atom is 0.131 e. The summed E-state index contributed by atoms with van der Waals surface area (Å²) in [5.74, 6) is 0.482. The van der Waals surface area contributed by atoms with Crippen molar-refractivity contribution in [2.24, 2.45) is 0 Å². The first-order valence-corrected chi connectivity index (χ1v) is 5.75. The van der Waals surface area contributed by atoms with Crippen molar-refractivity contribution in [1.29, 1.82) is 0 Å². The standard InChI is InChI=1S/C13H18FNO/c1-15(2)9-10-6-7-12(8-13(10)14)16-11-4-3-5-11/h6-8,11H,3-5,9H2,1-2H3. The number of rotatable bonds is 4. The van der Waals surface area contributed by atoms with E-state index in [1.165, 1.54) is 12.5 Å². The van der Waals surface area contributed by atoms with Gasteiger partial charge < -0.3 is 9.64 Å². The summed E-state index contributed by atoms with van der Waals surface area (Å²) >= 11 is 0. The molecule has 0 heterocycles. The highest BCUT2D eigenvalue weighted by Gasteiger charge is 2.19. The van der Waals surface area contributed by atoms with Crippen molar-refractivity contribution in [3.05, 3.63) is 29.6 Å². The van der Waals surface area contributed by atoms with Crippen LogP contribution in [0.1, 0.15) is 24.8 Å². The lowest BCUT2D eigenvalue weighted by molar-refractivity contribution is 0.120. The summed E-state index contributed by atoms with van der Waals surface area (Å²) in [6.45, 7) is 0.621. The topological polar surface area (TPSA) is 12.5 Å². The average Bonchev–Trinajstić information content (AvgIpc) is 2.15. The highest BCUT2D eigenvalue weighted by Crippen LogP contribution is 2.26. The van der Waals surface area contributed by atoms with Crippen molar-refractivity contribution < 1.29 is 9.13 Å². The van der Waals surface area contributed by atoms with E-state index in [0.29, 0.717) is 24.0 Å². The Morgan fingerprint density at radius 3 is 2.62 bits per heavy atom. The molecule has 16 heavy (non-hydrogen) atoms. The minimum absolute atomic E-state index is 0.175. The SMILES string of the molecule is CN(C)Cc1ccc(OC2CCC2)cc1F. The highest BCUT2D eigenvalue weighted by atomic mass is 19.1. The molecule has 0 aliphatic heterocycles. The predicted molar refractivity (Wildman–Crippen MR) is 62.1 cm³/mol. The van der Waals surface area contributed by atoms with Gasteiger partial charge in [-0.15, -0.1) is 0 Å². The fourth-order valence-electron chi connectivity index (χ4n) is 1.75. The molecule has 0 radical (unpaired) electrons. The molecule has 0 amide bonds. The molecule has 3 heteroatoms. The molecule has 0 saturated heterocycles. The zero-order chi connectivity index (χ0) is 11.5. The molecule has 88 valence electrons. The van der Waals surface area contributed by atoms with E-state index >= 15 is 0 Å². The molecular formula is C13H18FNO. The predicted octanol–water partition coefficient (Wildman–Crippen LogP) is 2.82. The van der Waals surface area contributed by atoms with Crippen LogP contribution in [0.2, 0.25) is 0 Å². The maximum atomic E-state index is 13.7. The van der Waals surface area contributed by atoms with Crippen molar-refractivity contribution in [1.82, 2.24) is 4.90 Å². The average molecular weight is 223 g/mol. The van der Waals surface area contributed by atoms with Crippen LogP contribution in [0.5, 0.6) is 5.75 Å². The summed E-state index contributed by atoms with van der Waals surface area (Å²) in [5.41, 5.74) is 0.714. The number of hydrogen-bond acceptors (Lipinski definition) is 2. The third kappa shape index (κ3) is 2.73. The Kier molecular flexibility index (Phi) is 3.44. The highest BCUT2D eigenvalue weighted by molar-refractivity contribution is 5.29. The molecule has 0 aromatic heterocycles. The minimum Gasteiger partial charge on any atom is -0.490 e. The fraction of sp³-hybridized carbons (Fsp3) is 0.538. The summed E-state index contributed by atoms with van der Waals surface area (Å²) in [6.07, 6.45) is 3.73. The largest absolute Gasteiger partial charge is 0.490 e. The second-order valence-electron chi connectivity index (χ2n) is 4.66. The third-order valence-corrected chi connectivity index (χ3v) is 2.87. The van der Waals surface area contributed by atoms with Crippen molar-refractivity contribution in [2.75, 3.05) is 14.1 Å². The Morgan fingerprint density at radius 2 is 2.12 bits per heavy atom. The second kappa shape index (κ2) is 4.83. The van der Waals surface area contributed by atoms with Gasteiger partial charge in [0.2, 0.25) is 0 Å². The lowest BCUT2D eigenvalue weighted by atomic mass is 9.96. The molecule has 0 N–H and O–H groups in total. The maximum absolute atomic E-state index is 13.7. The Morgan fingerprint density at radius 1 is 1.38 bits per heavy atom. The molecular weight excluding hydrogens is 205 g/mol. The Hall–Kier alpha value is -1.09. The third-order valence-electron chi connectivity index (χ3n) is 2.87. The lowest BCUT2D eigenvalue weighted by Gasteiger charge is -2.26. The molecule has 1 aromatic carbocycles. The molecule has 1 fully saturated rings. The molecule has 2 rings (SSSR count). The van der Waals surface area contributed by atoms with Gasteiger partial charge >= 0.3 is 0 Å².